The van der Waals surface area contributed by atoms with E-state index in [2.05, 4.69) is 21.0 Å². The molecule has 0 aliphatic rings. The summed E-state index contributed by atoms with van der Waals surface area (Å²) in [4.78, 5) is 0. The van der Waals surface area contributed by atoms with Crippen LogP contribution in [0.4, 0.5) is 4.39 Å². The van der Waals surface area contributed by atoms with Gasteiger partial charge in [-0.25, -0.2) is 4.39 Å². The number of hydrogen-bond donors (Lipinski definition) is 1. The Labute approximate surface area is 108 Å². The fourth-order valence-electron chi connectivity index (χ4n) is 1.71. The van der Waals surface area contributed by atoms with Gasteiger partial charge in [0.1, 0.15) is 5.82 Å². The van der Waals surface area contributed by atoms with Crippen LogP contribution in [0, 0.1) is 5.82 Å². The SMILES string of the molecule is Cn1ccc(CC(N)c2cccc(F)c2Br)n1. The van der Waals surface area contributed by atoms with E-state index in [4.69, 9.17) is 5.73 Å². The molecule has 0 fully saturated rings. The summed E-state index contributed by atoms with van der Waals surface area (Å²) in [6.07, 6.45) is 2.45. The molecule has 2 aromatic rings. The molecule has 1 heterocycles. The molecule has 2 rings (SSSR count). The van der Waals surface area contributed by atoms with Crippen molar-refractivity contribution in [3.05, 3.63) is 52.0 Å². The van der Waals surface area contributed by atoms with Crippen molar-refractivity contribution in [3.63, 3.8) is 0 Å². The van der Waals surface area contributed by atoms with E-state index >= 15 is 0 Å². The van der Waals surface area contributed by atoms with Crippen LogP contribution in [0.25, 0.3) is 0 Å². The molecule has 2 N–H and O–H groups in total. The van der Waals surface area contributed by atoms with Crippen molar-refractivity contribution in [1.82, 2.24) is 9.78 Å². The van der Waals surface area contributed by atoms with Gasteiger partial charge in [0.2, 0.25) is 0 Å². The van der Waals surface area contributed by atoms with E-state index in [9.17, 15) is 4.39 Å². The Balaban J connectivity index is 2.20. The molecule has 1 atom stereocenters. The number of halogens is 2. The van der Waals surface area contributed by atoms with Crippen LogP contribution in [0.5, 0.6) is 0 Å². The minimum atomic E-state index is -0.293. The van der Waals surface area contributed by atoms with Gasteiger partial charge in [0, 0.05) is 25.7 Å². The predicted molar refractivity (Wildman–Crippen MR) is 67.9 cm³/mol. The van der Waals surface area contributed by atoms with Crippen molar-refractivity contribution < 1.29 is 4.39 Å². The topological polar surface area (TPSA) is 43.8 Å². The van der Waals surface area contributed by atoms with E-state index in [1.54, 1.807) is 10.7 Å². The minimum absolute atomic E-state index is 0.269. The van der Waals surface area contributed by atoms with Crippen molar-refractivity contribution >= 4 is 15.9 Å². The third-order valence-electron chi connectivity index (χ3n) is 2.58. The Morgan fingerprint density at radius 3 is 2.88 bits per heavy atom. The van der Waals surface area contributed by atoms with E-state index in [1.807, 2.05) is 25.4 Å². The first-order chi connectivity index (χ1) is 8.08. The summed E-state index contributed by atoms with van der Waals surface area (Å²) in [5.74, 6) is -0.293. The number of aryl methyl sites for hydroxylation is 1. The zero-order valence-corrected chi connectivity index (χ0v) is 11.0. The van der Waals surface area contributed by atoms with Gasteiger partial charge in [0.05, 0.1) is 10.2 Å². The zero-order chi connectivity index (χ0) is 12.4. The van der Waals surface area contributed by atoms with Crippen LogP contribution in [0.2, 0.25) is 0 Å². The van der Waals surface area contributed by atoms with Crippen LogP contribution < -0.4 is 5.73 Å². The fraction of sp³-hybridized carbons (Fsp3) is 0.250. The molecule has 1 aromatic carbocycles. The first kappa shape index (κ1) is 12.3. The Kier molecular flexibility index (Phi) is 3.59. The highest BCUT2D eigenvalue weighted by Crippen LogP contribution is 2.26. The van der Waals surface area contributed by atoms with Crippen LogP contribution >= 0.6 is 15.9 Å². The molecule has 0 saturated carbocycles. The summed E-state index contributed by atoms with van der Waals surface area (Å²) in [7, 11) is 1.85. The predicted octanol–water partition coefficient (Wildman–Crippen LogP) is 2.56. The summed E-state index contributed by atoms with van der Waals surface area (Å²) in [5.41, 5.74) is 7.72. The lowest BCUT2D eigenvalue weighted by Crippen LogP contribution is -2.15. The molecule has 0 saturated heterocycles. The molecule has 0 aliphatic carbocycles. The van der Waals surface area contributed by atoms with Crippen LogP contribution in [-0.2, 0) is 13.5 Å². The van der Waals surface area contributed by atoms with Crippen molar-refractivity contribution in [2.75, 3.05) is 0 Å². The van der Waals surface area contributed by atoms with Gasteiger partial charge in [-0.05, 0) is 33.6 Å². The Hall–Kier alpha value is -1.20. The average Bonchev–Trinajstić information content (AvgIpc) is 2.68. The zero-order valence-electron chi connectivity index (χ0n) is 9.40. The standard InChI is InChI=1S/C12H13BrFN3/c1-17-6-5-8(16-17)7-11(15)9-3-2-4-10(14)12(9)13/h2-6,11H,7,15H2,1H3. The van der Waals surface area contributed by atoms with Gasteiger partial charge in [-0.2, -0.15) is 5.10 Å². The molecule has 3 nitrogen and oxygen atoms in total. The van der Waals surface area contributed by atoms with Gasteiger partial charge in [0.15, 0.2) is 0 Å². The van der Waals surface area contributed by atoms with Crippen molar-refractivity contribution in [1.29, 1.82) is 0 Å². The summed E-state index contributed by atoms with van der Waals surface area (Å²) >= 11 is 3.22. The number of aromatic nitrogens is 2. The molecule has 1 unspecified atom stereocenters. The van der Waals surface area contributed by atoms with Gasteiger partial charge in [-0.1, -0.05) is 12.1 Å². The van der Waals surface area contributed by atoms with Gasteiger partial charge < -0.3 is 5.73 Å². The summed E-state index contributed by atoms with van der Waals surface area (Å²) in [6, 6.07) is 6.53. The number of nitrogens with two attached hydrogens (primary N) is 1. The van der Waals surface area contributed by atoms with Crippen molar-refractivity contribution in [2.24, 2.45) is 12.8 Å². The molecular formula is C12H13BrFN3. The Morgan fingerprint density at radius 1 is 1.47 bits per heavy atom. The molecule has 17 heavy (non-hydrogen) atoms. The lowest BCUT2D eigenvalue weighted by Gasteiger charge is -2.12. The van der Waals surface area contributed by atoms with Crippen LogP contribution in [-0.4, -0.2) is 9.78 Å². The van der Waals surface area contributed by atoms with E-state index in [0.717, 1.165) is 11.3 Å². The summed E-state index contributed by atoms with van der Waals surface area (Å²) < 4.78 is 15.5. The normalized spacial score (nSPS) is 12.7. The van der Waals surface area contributed by atoms with Crippen LogP contribution in [0.1, 0.15) is 17.3 Å². The van der Waals surface area contributed by atoms with E-state index in [0.29, 0.717) is 10.9 Å². The second-order valence-corrected chi connectivity index (χ2v) is 4.73. The summed E-state index contributed by atoms with van der Waals surface area (Å²) in [6.45, 7) is 0. The molecule has 1 aromatic heterocycles. The van der Waals surface area contributed by atoms with E-state index in [1.165, 1.54) is 6.07 Å². The minimum Gasteiger partial charge on any atom is -0.324 e. The molecule has 5 heteroatoms. The fourth-order valence-corrected chi connectivity index (χ4v) is 2.27. The maximum absolute atomic E-state index is 13.4. The lowest BCUT2D eigenvalue weighted by atomic mass is 10.0. The van der Waals surface area contributed by atoms with Gasteiger partial charge in [-0.3, -0.25) is 4.68 Å². The Morgan fingerprint density at radius 2 is 2.24 bits per heavy atom. The lowest BCUT2D eigenvalue weighted by molar-refractivity contribution is 0.607. The molecular weight excluding hydrogens is 285 g/mol. The molecule has 90 valence electrons. The summed E-state index contributed by atoms with van der Waals surface area (Å²) in [5, 5.41) is 4.26. The van der Waals surface area contributed by atoms with Crippen LogP contribution in [0.3, 0.4) is 0 Å². The van der Waals surface area contributed by atoms with Gasteiger partial charge >= 0.3 is 0 Å². The third-order valence-corrected chi connectivity index (χ3v) is 3.42. The molecule has 0 bridgehead atoms. The van der Waals surface area contributed by atoms with Crippen LogP contribution in [0.15, 0.2) is 34.9 Å². The van der Waals surface area contributed by atoms with Crippen molar-refractivity contribution in [3.8, 4) is 0 Å². The third kappa shape index (κ3) is 2.73. The van der Waals surface area contributed by atoms with Crippen molar-refractivity contribution in [2.45, 2.75) is 12.5 Å². The molecule has 0 radical (unpaired) electrons. The number of hydrogen-bond acceptors (Lipinski definition) is 2. The largest absolute Gasteiger partial charge is 0.324 e. The highest BCUT2D eigenvalue weighted by Gasteiger charge is 2.14. The first-order valence-electron chi connectivity index (χ1n) is 5.26. The second-order valence-electron chi connectivity index (χ2n) is 3.93. The highest BCUT2D eigenvalue weighted by molar-refractivity contribution is 9.10. The number of rotatable bonds is 3. The Bertz CT molecular complexity index is 524. The molecule has 0 aliphatic heterocycles. The van der Waals surface area contributed by atoms with Gasteiger partial charge in [-0.15, -0.1) is 0 Å². The first-order valence-corrected chi connectivity index (χ1v) is 6.05. The maximum Gasteiger partial charge on any atom is 0.137 e. The van der Waals surface area contributed by atoms with E-state index in [-0.39, 0.29) is 11.9 Å². The second kappa shape index (κ2) is 4.98. The number of nitrogens with zero attached hydrogens (tertiary/aromatic N) is 2. The number of benzene rings is 1. The monoisotopic (exact) mass is 297 g/mol. The van der Waals surface area contributed by atoms with E-state index < -0.39 is 0 Å². The van der Waals surface area contributed by atoms with Gasteiger partial charge in [0.25, 0.3) is 0 Å². The average molecular weight is 298 g/mol. The quantitative estimate of drug-likeness (QED) is 0.946. The maximum atomic E-state index is 13.4. The smallest absolute Gasteiger partial charge is 0.137 e. The molecule has 0 amide bonds. The highest BCUT2D eigenvalue weighted by atomic mass is 79.9. The molecule has 0 spiro atoms.